The highest BCUT2D eigenvalue weighted by Crippen LogP contribution is 2.28. The van der Waals surface area contributed by atoms with Crippen molar-refractivity contribution in [1.29, 1.82) is 0 Å². The van der Waals surface area contributed by atoms with Crippen molar-refractivity contribution in [3.8, 4) is 11.5 Å². The van der Waals surface area contributed by atoms with Crippen molar-refractivity contribution >= 4 is 29.5 Å². The topological polar surface area (TPSA) is 116 Å². The van der Waals surface area contributed by atoms with Gasteiger partial charge in [-0.15, -0.1) is 0 Å². The van der Waals surface area contributed by atoms with Gasteiger partial charge >= 0.3 is 12.1 Å². The van der Waals surface area contributed by atoms with Crippen LogP contribution in [0.25, 0.3) is 0 Å². The summed E-state index contributed by atoms with van der Waals surface area (Å²) in [6.45, 7) is 2.31. The van der Waals surface area contributed by atoms with Gasteiger partial charge in [0, 0.05) is 43.7 Å². The van der Waals surface area contributed by atoms with Crippen molar-refractivity contribution in [2.45, 2.75) is 19.3 Å². The van der Waals surface area contributed by atoms with Crippen LogP contribution < -0.4 is 20.7 Å². The summed E-state index contributed by atoms with van der Waals surface area (Å²) < 4.78 is 33.4. The summed E-state index contributed by atoms with van der Waals surface area (Å²) in [6, 6.07) is 11.0. The molecule has 1 fully saturated rings. The van der Waals surface area contributed by atoms with E-state index in [0.29, 0.717) is 24.6 Å². The molecule has 1 aliphatic heterocycles. The van der Waals surface area contributed by atoms with Crippen LogP contribution in [0.15, 0.2) is 60.8 Å². The number of hydrogen-bond acceptors (Lipinski definition) is 6. The molecule has 2 aromatic carbocycles. The Labute approximate surface area is 236 Å². The minimum absolute atomic E-state index is 0.0963. The summed E-state index contributed by atoms with van der Waals surface area (Å²) in [6.07, 6.45) is 3.18. The number of likely N-dealkylation sites (tertiary alicyclic amines) is 1. The van der Waals surface area contributed by atoms with E-state index in [1.54, 1.807) is 4.90 Å². The number of piperidine rings is 1. The smallest absolute Gasteiger partial charge is 0.325 e. The molecule has 2 heterocycles. The van der Waals surface area contributed by atoms with Crippen molar-refractivity contribution in [3.05, 3.63) is 78.0 Å². The van der Waals surface area contributed by atoms with Crippen LogP contribution in [0.3, 0.4) is 0 Å². The monoisotopic (exact) mass is 566 g/mol. The van der Waals surface area contributed by atoms with Crippen molar-refractivity contribution in [1.82, 2.24) is 20.1 Å². The van der Waals surface area contributed by atoms with Gasteiger partial charge in [0.2, 0.25) is 5.91 Å². The summed E-state index contributed by atoms with van der Waals surface area (Å²) in [5.74, 6) is -0.834. The Kier molecular flexibility index (Phi) is 9.80. The Bertz CT molecular complexity index is 1380. The van der Waals surface area contributed by atoms with Gasteiger partial charge in [-0.1, -0.05) is 12.1 Å². The van der Waals surface area contributed by atoms with E-state index in [0.717, 1.165) is 25.5 Å². The lowest BCUT2D eigenvalue weighted by Gasteiger charge is -2.33. The first-order chi connectivity index (χ1) is 19.6. The molecule has 0 unspecified atom stereocenters. The maximum atomic E-state index is 14.7. The van der Waals surface area contributed by atoms with Crippen molar-refractivity contribution in [2.75, 3.05) is 44.4 Å². The molecule has 41 heavy (non-hydrogen) atoms. The van der Waals surface area contributed by atoms with Gasteiger partial charge in [0.25, 0.3) is 0 Å². The Morgan fingerprint density at radius 1 is 1.00 bits per heavy atom. The lowest BCUT2D eigenvalue weighted by atomic mass is 9.97. The van der Waals surface area contributed by atoms with Gasteiger partial charge in [-0.25, -0.2) is 23.4 Å². The quantitative estimate of drug-likeness (QED) is 0.359. The fourth-order valence-electron chi connectivity index (χ4n) is 4.48. The second kappa shape index (κ2) is 13.7. The molecule has 216 valence electrons. The number of carbonyl (C=O) groups excluding carboxylic acids is 3. The number of aromatic nitrogens is 1. The van der Waals surface area contributed by atoms with Crippen molar-refractivity contribution < 1.29 is 27.9 Å². The Hall–Kier alpha value is -4.58. The fraction of sp³-hybridized carbons (Fsp3) is 0.310. The van der Waals surface area contributed by atoms with Crippen LogP contribution in [-0.4, -0.2) is 66.5 Å². The molecule has 12 heteroatoms. The number of carbonyl (C=O) groups is 3. The van der Waals surface area contributed by atoms with E-state index in [9.17, 15) is 23.2 Å². The zero-order valence-electron chi connectivity index (χ0n) is 22.8. The Morgan fingerprint density at radius 3 is 2.41 bits per heavy atom. The standard InChI is InChI=1S/C29H32F2N6O4/c1-36(2)18-20-10-13-37(14-11-20)29(40)34-26-17-23(9-12-32-26)41-25-8-7-22(16-24(25)31)33-28(39)35-27(38)15-19-3-5-21(30)6-4-19/h3-9,12,16-17,20H,10-11,13-15,18H2,1-2H3,(H,32,34,40)(H2,33,35,38,39). The Balaban J connectivity index is 1.28. The number of rotatable bonds is 8. The average molecular weight is 567 g/mol. The van der Waals surface area contributed by atoms with Crippen LogP contribution >= 0.6 is 0 Å². The van der Waals surface area contributed by atoms with E-state index in [4.69, 9.17) is 4.74 Å². The van der Waals surface area contributed by atoms with Gasteiger partial charge in [-0.2, -0.15) is 0 Å². The number of nitrogens with zero attached hydrogens (tertiary/aromatic N) is 3. The van der Waals surface area contributed by atoms with E-state index in [1.807, 2.05) is 14.1 Å². The third-order valence-electron chi connectivity index (χ3n) is 6.44. The van der Waals surface area contributed by atoms with Crippen LogP contribution in [0.1, 0.15) is 18.4 Å². The minimum atomic E-state index is -0.846. The fourth-order valence-corrected chi connectivity index (χ4v) is 4.48. The van der Waals surface area contributed by atoms with Gasteiger partial charge in [0.15, 0.2) is 11.6 Å². The molecule has 10 nitrogen and oxygen atoms in total. The van der Waals surface area contributed by atoms with Crippen LogP contribution in [0.2, 0.25) is 0 Å². The predicted molar refractivity (Wildman–Crippen MR) is 150 cm³/mol. The number of hydrogen-bond donors (Lipinski definition) is 3. The zero-order valence-corrected chi connectivity index (χ0v) is 22.8. The number of anilines is 2. The van der Waals surface area contributed by atoms with Crippen LogP contribution in [0, 0.1) is 17.6 Å². The lowest BCUT2D eigenvalue weighted by Crippen LogP contribution is -2.42. The van der Waals surface area contributed by atoms with Gasteiger partial charge < -0.3 is 19.9 Å². The molecule has 1 aromatic heterocycles. The van der Waals surface area contributed by atoms with Crippen LogP contribution in [0.5, 0.6) is 11.5 Å². The number of ether oxygens (including phenoxy) is 1. The number of imide groups is 1. The van der Waals surface area contributed by atoms with E-state index < -0.39 is 23.6 Å². The van der Waals surface area contributed by atoms with Gasteiger partial charge in [0.1, 0.15) is 17.4 Å². The largest absolute Gasteiger partial charge is 0.454 e. The molecule has 1 aliphatic rings. The number of pyridine rings is 1. The average Bonchev–Trinajstić information content (AvgIpc) is 2.92. The van der Waals surface area contributed by atoms with E-state index in [-0.39, 0.29) is 35.5 Å². The molecule has 0 bridgehead atoms. The van der Waals surface area contributed by atoms with Gasteiger partial charge in [0.05, 0.1) is 6.42 Å². The highest BCUT2D eigenvalue weighted by Gasteiger charge is 2.23. The van der Waals surface area contributed by atoms with Crippen LogP contribution in [0.4, 0.5) is 29.9 Å². The third-order valence-corrected chi connectivity index (χ3v) is 6.44. The second-order valence-electron chi connectivity index (χ2n) is 10.1. The maximum Gasteiger partial charge on any atom is 0.325 e. The molecular formula is C29H32F2N6O4. The summed E-state index contributed by atoms with van der Waals surface area (Å²) >= 11 is 0. The first-order valence-corrected chi connectivity index (χ1v) is 13.1. The zero-order chi connectivity index (χ0) is 29.4. The first kappa shape index (κ1) is 29.4. The number of urea groups is 2. The number of nitrogens with one attached hydrogen (secondary N) is 3. The molecule has 3 aromatic rings. The summed E-state index contributed by atoms with van der Waals surface area (Å²) in [4.78, 5) is 45.0. The maximum absolute atomic E-state index is 14.7. The highest BCUT2D eigenvalue weighted by atomic mass is 19.1. The summed E-state index contributed by atoms with van der Waals surface area (Å²) in [5, 5.41) is 7.28. The van der Waals surface area contributed by atoms with Gasteiger partial charge in [-0.3, -0.25) is 15.4 Å². The molecule has 0 atom stereocenters. The molecule has 0 spiro atoms. The minimum Gasteiger partial charge on any atom is -0.454 e. The lowest BCUT2D eigenvalue weighted by molar-refractivity contribution is -0.119. The molecule has 0 aliphatic carbocycles. The van der Waals surface area contributed by atoms with Crippen molar-refractivity contribution in [2.24, 2.45) is 5.92 Å². The third kappa shape index (κ3) is 8.97. The van der Waals surface area contributed by atoms with Crippen molar-refractivity contribution in [3.63, 3.8) is 0 Å². The highest BCUT2D eigenvalue weighted by molar-refractivity contribution is 6.01. The number of amides is 5. The Morgan fingerprint density at radius 2 is 1.73 bits per heavy atom. The normalized spacial score (nSPS) is 13.5. The molecule has 0 radical (unpaired) electrons. The molecular weight excluding hydrogens is 534 g/mol. The second-order valence-corrected chi connectivity index (χ2v) is 10.1. The molecule has 0 saturated carbocycles. The molecule has 4 rings (SSSR count). The number of halogens is 2. The summed E-state index contributed by atoms with van der Waals surface area (Å²) in [5.41, 5.74) is 0.627. The first-order valence-electron chi connectivity index (χ1n) is 13.1. The van der Waals surface area contributed by atoms with E-state index in [2.05, 4.69) is 25.8 Å². The van der Waals surface area contributed by atoms with Crippen LogP contribution in [-0.2, 0) is 11.2 Å². The van der Waals surface area contributed by atoms with E-state index in [1.165, 1.54) is 54.7 Å². The number of benzene rings is 2. The van der Waals surface area contributed by atoms with E-state index >= 15 is 0 Å². The molecule has 1 saturated heterocycles. The predicted octanol–water partition coefficient (Wildman–Crippen LogP) is 4.85. The molecule has 3 N–H and O–H groups in total. The summed E-state index contributed by atoms with van der Waals surface area (Å²) in [7, 11) is 4.08. The van der Waals surface area contributed by atoms with Gasteiger partial charge in [-0.05, 0) is 68.8 Å². The molecule has 5 amide bonds. The SMILES string of the molecule is CN(C)CC1CCN(C(=O)Nc2cc(Oc3ccc(NC(=O)NC(=O)Cc4ccc(F)cc4)cc3F)ccn2)CC1.